The van der Waals surface area contributed by atoms with Gasteiger partial charge >= 0.3 is 0 Å². The molecular formula is C13H19N3. The van der Waals surface area contributed by atoms with Crippen molar-refractivity contribution in [2.45, 2.75) is 39.3 Å². The third-order valence-corrected chi connectivity index (χ3v) is 2.92. The maximum Gasteiger partial charge on any atom is 0.106 e. The topological polar surface area (TPSA) is 43.8 Å². The number of para-hydroxylation sites is 2. The molecule has 1 heterocycles. The van der Waals surface area contributed by atoms with Crippen molar-refractivity contribution >= 4 is 11.0 Å². The summed E-state index contributed by atoms with van der Waals surface area (Å²) in [6, 6.07) is 8.44. The number of benzene rings is 1. The summed E-state index contributed by atoms with van der Waals surface area (Å²) >= 11 is 0. The Morgan fingerprint density at radius 2 is 2.12 bits per heavy atom. The van der Waals surface area contributed by atoms with Crippen molar-refractivity contribution < 1.29 is 0 Å². The van der Waals surface area contributed by atoms with Crippen LogP contribution in [-0.4, -0.2) is 15.6 Å². The van der Waals surface area contributed by atoms with Crippen LogP contribution in [-0.2, 0) is 6.54 Å². The van der Waals surface area contributed by atoms with E-state index in [9.17, 15) is 0 Å². The van der Waals surface area contributed by atoms with Crippen LogP contribution < -0.4 is 5.73 Å². The number of imidazole rings is 1. The maximum atomic E-state index is 6.09. The van der Waals surface area contributed by atoms with Crippen molar-refractivity contribution in [3.05, 3.63) is 30.1 Å². The van der Waals surface area contributed by atoms with E-state index in [4.69, 9.17) is 5.73 Å². The Balaban J connectivity index is 2.32. The summed E-state index contributed by atoms with van der Waals surface area (Å²) in [6.45, 7) is 5.07. The van der Waals surface area contributed by atoms with Crippen LogP contribution in [0.15, 0.2) is 24.3 Å². The molecule has 0 saturated carbocycles. The first kappa shape index (κ1) is 11.1. The van der Waals surface area contributed by atoms with Crippen LogP contribution >= 0.6 is 0 Å². The van der Waals surface area contributed by atoms with E-state index in [1.165, 1.54) is 5.52 Å². The van der Waals surface area contributed by atoms with Gasteiger partial charge in [-0.2, -0.15) is 0 Å². The van der Waals surface area contributed by atoms with E-state index < -0.39 is 0 Å². The summed E-state index contributed by atoms with van der Waals surface area (Å²) in [5.74, 6) is 1.05. The minimum atomic E-state index is 0.223. The summed E-state index contributed by atoms with van der Waals surface area (Å²) < 4.78 is 2.22. The molecule has 0 bridgehead atoms. The number of hydrogen-bond acceptors (Lipinski definition) is 2. The number of nitrogens with two attached hydrogens (primary N) is 1. The molecule has 0 aliphatic carbocycles. The Morgan fingerprint density at radius 3 is 2.88 bits per heavy atom. The molecule has 0 fully saturated rings. The number of fused-ring (bicyclic) bond motifs is 1. The maximum absolute atomic E-state index is 6.09. The van der Waals surface area contributed by atoms with E-state index in [0.29, 0.717) is 0 Å². The second-order valence-corrected chi connectivity index (χ2v) is 4.31. The minimum absolute atomic E-state index is 0.223. The van der Waals surface area contributed by atoms with Gasteiger partial charge in [-0.3, -0.25) is 0 Å². The second-order valence-electron chi connectivity index (χ2n) is 4.31. The molecule has 1 atom stereocenters. The molecule has 0 aliphatic rings. The van der Waals surface area contributed by atoms with Crippen LogP contribution in [0.3, 0.4) is 0 Å². The fraction of sp³-hybridized carbons (Fsp3) is 0.462. The highest BCUT2D eigenvalue weighted by Gasteiger charge is 2.09. The van der Waals surface area contributed by atoms with Gasteiger partial charge in [-0.25, -0.2) is 4.98 Å². The molecule has 3 nitrogen and oxygen atoms in total. The smallest absolute Gasteiger partial charge is 0.106 e. The standard InChI is InChI=1S/C13H19N3/c1-3-6-11(14)9-16-10(2)15-12-7-4-5-8-13(12)16/h4-5,7-8,11H,3,6,9,14H2,1-2H3. The first-order valence-corrected chi connectivity index (χ1v) is 5.89. The third kappa shape index (κ3) is 2.09. The molecule has 0 saturated heterocycles. The van der Waals surface area contributed by atoms with Crippen molar-refractivity contribution in [3.8, 4) is 0 Å². The van der Waals surface area contributed by atoms with Crippen molar-refractivity contribution in [1.29, 1.82) is 0 Å². The zero-order valence-corrected chi connectivity index (χ0v) is 9.98. The van der Waals surface area contributed by atoms with E-state index in [-0.39, 0.29) is 6.04 Å². The van der Waals surface area contributed by atoms with Gasteiger partial charge in [0.2, 0.25) is 0 Å². The number of aromatic nitrogens is 2. The molecule has 0 amide bonds. The molecule has 2 N–H and O–H groups in total. The molecule has 0 spiro atoms. The monoisotopic (exact) mass is 217 g/mol. The highest BCUT2D eigenvalue weighted by Crippen LogP contribution is 2.16. The van der Waals surface area contributed by atoms with Crippen molar-refractivity contribution in [2.24, 2.45) is 5.73 Å². The third-order valence-electron chi connectivity index (χ3n) is 2.92. The number of aryl methyl sites for hydroxylation is 1. The summed E-state index contributed by atoms with van der Waals surface area (Å²) in [5, 5.41) is 0. The second kappa shape index (κ2) is 4.66. The molecule has 1 aromatic carbocycles. The lowest BCUT2D eigenvalue weighted by molar-refractivity contribution is 0.515. The Bertz CT molecular complexity index is 473. The van der Waals surface area contributed by atoms with Gasteiger partial charge in [-0.1, -0.05) is 25.5 Å². The summed E-state index contributed by atoms with van der Waals surface area (Å²) in [7, 11) is 0. The minimum Gasteiger partial charge on any atom is -0.327 e. The van der Waals surface area contributed by atoms with Crippen molar-refractivity contribution in [2.75, 3.05) is 0 Å². The lowest BCUT2D eigenvalue weighted by Gasteiger charge is -2.13. The lowest BCUT2D eigenvalue weighted by Crippen LogP contribution is -2.26. The normalized spacial score (nSPS) is 13.2. The predicted molar refractivity (Wildman–Crippen MR) is 67.4 cm³/mol. The number of nitrogens with zero attached hydrogens (tertiary/aromatic N) is 2. The largest absolute Gasteiger partial charge is 0.327 e. The van der Waals surface area contributed by atoms with E-state index in [0.717, 1.165) is 30.7 Å². The SMILES string of the molecule is CCCC(N)Cn1c(C)nc2ccccc21. The fourth-order valence-corrected chi connectivity index (χ4v) is 2.12. The molecular weight excluding hydrogens is 198 g/mol. The van der Waals surface area contributed by atoms with Crippen LogP contribution in [0.2, 0.25) is 0 Å². The average molecular weight is 217 g/mol. The Morgan fingerprint density at radius 1 is 1.38 bits per heavy atom. The predicted octanol–water partition coefficient (Wildman–Crippen LogP) is 2.47. The summed E-state index contributed by atoms with van der Waals surface area (Å²) in [6.07, 6.45) is 2.19. The molecule has 0 radical (unpaired) electrons. The zero-order chi connectivity index (χ0) is 11.5. The van der Waals surface area contributed by atoms with Gasteiger partial charge in [0.15, 0.2) is 0 Å². The molecule has 0 aliphatic heterocycles. The Hall–Kier alpha value is -1.35. The Kier molecular flexibility index (Phi) is 3.25. The lowest BCUT2D eigenvalue weighted by atomic mass is 10.2. The fourth-order valence-electron chi connectivity index (χ4n) is 2.12. The van der Waals surface area contributed by atoms with Crippen LogP contribution in [0.5, 0.6) is 0 Å². The first-order chi connectivity index (χ1) is 7.72. The molecule has 3 heteroatoms. The Labute approximate surface area is 96.3 Å². The van der Waals surface area contributed by atoms with E-state index >= 15 is 0 Å². The van der Waals surface area contributed by atoms with Gasteiger partial charge in [0, 0.05) is 12.6 Å². The molecule has 1 unspecified atom stereocenters. The molecule has 16 heavy (non-hydrogen) atoms. The highest BCUT2D eigenvalue weighted by molar-refractivity contribution is 5.75. The summed E-state index contributed by atoms with van der Waals surface area (Å²) in [5.41, 5.74) is 8.33. The van der Waals surface area contributed by atoms with Crippen molar-refractivity contribution in [1.82, 2.24) is 9.55 Å². The van der Waals surface area contributed by atoms with E-state index in [1.54, 1.807) is 0 Å². The quantitative estimate of drug-likeness (QED) is 0.855. The van der Waals surface area contributed by atoms with Crippen LogP contribution in [0, 0.1) is 6.92 Å². The number of rotatable bonds is 4. The zero-order valence-electron chi connectivity index (χ0n) is 9.98. The van der Waals surface area contributed by atoms with Gasteiger partial charge in [-0.05, 0) is 25.5 Å². The van der Waals surface area contributed by atoms with Crippen LogP contribution in [0.25, 0.3) is 11.0 Å². The van der Waals surface area contributed by atoms with Gasteiger partial charge < -0.3 is 10.3 Å². The highest BCUT2D eigenvalue weighted by atomic mass is 15.1. The molecule has 86 valence electrons. The average Bonchev–Trinajstić information content (AvgIpc) is 2.56. The van der Waals surface area contributed by atoms with Crippen molar-refractivity contribution in [3.63, 3.8) is 0 Å². The van der Waals surface area contributed by atoms with Crippen LogP contribution in [0.1, 0.15) is 25.6 Å². The molecule has 1 aromatic heterocycles. The molecule has 2 rings (SSSR count). The first-order valence-electron chi connectivity index (χ1n) is 5.89. The molecule has 2 aromatic rings. The van der Waals surface area contributed by atoms with E-state index in [1.807, 2.05) is 25.1 Å². The van der Waals surface area contributed by atoms with Gasteiger partial charge in [-0.15, -0.1) is 0 Å². The van der Waals surface area contributed by atoms with E-state index in [2.05, 4.69) is 22.5 Å². The summed E-state index contributed by atoms with van der Waals surface area (Å²) in [4.78, 5) is 4.53. The van der Waals surface area contributed by atoms with Crippen LogP contribution in [0.4, 0.5) is 0 Å². The van der Waals surface area contributed by atoms with Gasteiger partial charge in [0.05, 0.1) is 11.0 Å². The van der Waals surface area contributed by atoms with Gasteiger partial charge in [0.25, 0.3) is 0 Å². The number of hydrogen-bond donors (Lipinski definition) is 1. The van der Waals surface area contributed by atoms with Gasteiger partial charge in [0.1, 0.15) is 5.82 Å².